The summed E-state index contributed by atoms with van der Waals surface area (Å²) in [6.07, 6.45) is 2.25. The van der Waals surface area contributed by atoms with Gasteiger partial charge in [0.1, 0.15) is 0 Å². The Balaban J connectivity index is 2.20. The lowest BCUT2D eigenvalue weighted by Crippen LogP contribution is -2.43. The summed E-state index contributed by atoms with van der Waals surface area (Å²) < 4.78 is 10.8. The first-order chi connectivity index (χ1) is 9.73. The van der Waals surface area contributed by atoms with Crippen LogP contribution in [0.25, 0.3) is 0 Å². The minimum Gasteiger partial charge on any atom is -0.493 e. The number of benzene rings is 1. The summed E-state index contributed by atoms with van der Waals surface area (Å²) in [5.41, 5.74) is 2.75. The van der Waals surface area contributed by atoms with E-state index in [4.69, 9.17) is 9.47 Å². The van der Waals surface area contributed by atoms with Gasteiger partial charge in [0.25, 0.3) is 0 Å². The van der Waals surface area contributed by atoms with Crippen LogP contribution in [0.15, 0.2) is 12.1 Å². The third-order valence-electron chi connectivity index (χ3n) is 4.17. The van der Waals surface area contributed by atoms with Crippen molar-refractivity contribution < 1.29 is 9.47 Å². The lowest BCUT2D eigenvalue weighted by atomic mass is 9.97. The zero-order chi connectivity index (χ0) is 14.5. The molecule has 2 rings (SSSR count). The van der Waals surface area contributed by atoms with Crippen molar-refractivity contribution in [1.29, 1.82) is 0 Å². The van der Waals surface area contributed by atoms with Crippen molar-refractivity contribution in [3.05, 3.63) is 23.3 Å². The standard InChI is InChI=1S/C16H26N2O2/c1-5-14(10-17-2)18-7-6-12-8-15(19-3)16(20-4)9-13(12)11-18/h8-9,14,17H,5-7,10-11H2,1-4H3. The van der Waals surface area contributed by atoms with E-state index in [-0.39, 0.29) is 0 Å². The molecule has 0 aromatic heterocycles. The molecule has 1 aliphatic rings. The number of nitrogens with zero attached hydrogens (tertiary/aromatic N) is 1. The Hall–Kier alpha value is -1.26. The third kappa shape index (κ3) is 3.07. The van der Waals surface area contributed by atoms with Gasteiger partial charge in [0, 0.05) is 25.7 Å². The number of likely N-dealkylation sites (N-methyl/N-ethyl adjacent to an activating group) is 1. The molecule has 0 radical (unpaired) electrons. The summed E-state index contributed by atoms with van der Waals surface area (Å²) in [6.45, 7) is 5.41. The molecule has 4 heteroatoms. The first kappa shape index (κ1) is 15.1. The van der Waals surface area contributed by atoms with E-state index >= 15 is 0 Å². The molecule has 0 bridgehead atoms. The molecule has 0 amide bonds. The Morgan fingerprint density at radius 2 is 1.85 bits per heavy atom. The first-order valence-electron chi connectivity index (χ1n) is 7.35. The van der Waals surface area contributed by atoms with Gasteiger partial charge in [-0.1, -0.05) is 6.92 Å². The second kappa shape index (κ2) is 6.95. The molecule has 1 atom stereocenters. The van der Waals surface area contributed by atoms with E-state index in [0.29, 0.717) is 6.04 Å². The van der Waals surface area contributed by atoms with E-state index < -0.39 is 0 Å². The van der Waals surface area contributed by atoms with E-state index in [1.54, 1.807) is 14.2 Å². The van der Waals surface area contributed by atoms with E-state index in [0.717, 1.165) is 37.6 Å². The summed E-state index contributed by atoms with van der Waals surface area (Å²) >= 11 is 0. The summed E-state index contributed by atoms with van der Waals surface area (Å²) in [5.74, 6) is 1.66. The van der Waals surface area contributed by atoms with Gasteiger partial charge in [0.15, 0.2) is 11.5 Å². The van der Waals surface area contributed by atoms with Crippen LogP contribution in [0.5, 0.6) is 11.5 Å². The highest BCUT2D eigenvalue weighted by Gasteiger charge is 2.23. The van der Waals surface area contributed by atoms with Gasteiger partial charge in [-0.25, -0.2) is 0 Å². The minimum absolute atomic E-state index is 0.598. The molecule has 0 spiro atoms. The molecule has 0 fully saturated rings. The molecule has 1 N–H and O–H groups in total. The van der Waals surface area contributed by atoms with Crippen molar-refractivity contribution in [3.8, 4) is 11.5 Å². The summed E-state index contributed by atoms with van der Waals surface area (Å²) in [4.78, 5) is 2.56. The maximum absolute atomic E-state index is 5.42. The molecular weight excluding hydrogens is 252 g/mol. The molecule has 1 aliphatic heterocycles. The van der Waals surface area contributed by atoms with Crippen LogP contribution in [0.1, 0.15) is 24.5 Å². The van der Waals surface area contributed by atoms with Crippen LogP contribution in [0.3, 0.4) is 0 Å². The predicted molar refractivity (Wildman–Crippen MR) is 81.7 cm³/mol. The number of fused-ring (bicyclic) bond motifs is 1. The Morgan fingerprint density at radius 1 is 1.20 bits per heavy atom. The maximum atomic E-state index is 5.42. The van der Waals surface area contributed by atoms with Gasteiger partial charge in [-0.2, -0.15) is 0 Å². The molecule has 20 heavy (non-hydrogen) atoms. The number of nitrogens with one attached hydrogen (secondary N) is 1. The lowest BCUT2D eigenvalue weighted by Gasteiger charge is -2.35. The fourth-order valence-electron chi connectivity index (χ4n) is 2.98. The summed E-state index contributed by atoms with van der Waals surface area (Å²) in [7, 11) is 5.41. The van der Waals surface area contributed by atoms with Crippen LogP contribution < -0.4 is 14.8 Å². The highest BCUT2D eigenvalue weighted by molar-refractivity contribution is 5.48. The van der Waals surface area contributed by atoms with Crippen LogP contribution in [0.4, 0.5) is 0 Å². The SMILES string of the molecule is CCC(CNC)N1CCc2cc(OC)c(OC)cc2C1. The maximum Gasteiger partial charge on any atom is 0.161 e. The number of hydrogen-bond donors (Lipinski definition) is 1. The molecule has 4 nitrogen and oxygen atoms in total. The molecule has 1 heterocycles. The zero-order valence-electron chi connectivity index (χ0n) is 13.0. The van der Waals surface area contributed by atoms with Crippen LogP contribution in [0.2, 0.25) is 0 Å². The minimum atomic E-state index is 0.598. The van der Waals surface area contributed by atoms with E-state index in [1.807, 2.05) is 7.05 Å². The number of rotatable bonds is 6. The Bertz CT molecular complexity index is 448. The monoisotopic (exact) mass is 278 g/mol. The summed E-state index contributed by atoms with van der Waals surface area (Å²) in [5, 5.41) is 3.29. The average molecular weight is 278 g/mol. The van der Waals surface area contributed by atoms with Crippen molar-refractivity contribution >= 4 is 0 Å². The zero-order valence-corrected chi connectivity index (χ0v) is 13.0. The smallest absolute Gasteiger partial charge is 0.161 e. The highest BCUT2D eigenvalue weighted by atomic mass is 16.5. The average Bonchev–Trinajstić information content (AvgIpc) is 2.50. The molecule has 0 aliphatic carbocycles. The van der Waals surface area contributed by atoms with Crippen molar-refractivity contribution in [2.45, 2.75) is 32.4 Å². The topological polar surface area (TPSA) is 33.7 Å². The van der Waals surface area contributed by atoms with E-state index in [9.17, 15) is 0 Å². The molecule has 0 saturated carbocycles. The van der Waals surface area contributed by atoms with Crippen molar-refractivity contribution in [3.63, 3.8) is 0 Å². The van der Waals surface area contributed by atoms with Crippen LogP contribution in [0, 0.1) is 0 Å². The van der Waals surface area contributed by atoms with Crippen LogP contribution >= 0.6 is 0 Å². The molecule has 1 aromatic carbocycles. The predicted octanol–water partition coefficient (Wildman–Crippen LogP) is 2.06. The van der Waals surface area contributed by atoms with Gasteiger partial charge in [-0.05, 0) is 43.1 Å². The fourth-order valence-corrected chi connectivity index (χ4v) is 2.98. The van der Waals surface area contributed by atoms with Gasteiger partial charge in [0.2, 0.25) is 0 Å². The van der Waals surface area contributed by atoms with Crippen molar-refractivity contribution in [2.75, 3.05) is 34.4 Å². The molecule has 0 saturated heterocycles. The molecule has 1 unspecified atom stereocenters. The highest BCUT2D eigenvalue weighted by Crippen LogP contribution is 2.33. The third-order valence-corrected chi connectivity index (χ3v) is 4.17. The molecule has 112 valence electrons. The van der Waals surface area contributed by atoms with Gasteiger partial charge < -0.3 is 14.8 Å². The Morgan fingerprint density at radius 3 is 2.40 bits per heavy atom. The van der Waals surface area contributed by atoms with Gasteiger partial charge >= 0.3 is 0 Å². The van der Waals surface area contributed by atoms with Crippen LogP contribution in [-0.4, -0.2) is 45.3 Å². The van der Waals surface area contributed by atoms with Crippen molar-refractivity contribution in [1.82, 2.24) is 10.2 Å². The lowest BCUT2D eigenvalue weighted by molar-refractivity contribution is 0.171. The first-order valence-corrected chi connectivity index (χ1v) is 7.35. The van der Waals surface area contributed by atoms with Crippen LogP contribution in [-0.2, 0) is 13.0 Å². The summed E-state index contributed by atoms with van der Waals surface area (Å²) in [6, 6.07) is 4.86. The van der Waals surface area contributed by atoms with E-state index in [1.165, 1.54) is 17.5 Å². The Labute approximate surface area is 122 Å². The van der Waals surface area contributed by atoms with Crippen molar-refractivity contribution in [2.24, 2.45) is 0 Å². The van der Waals surface area contributed by atoms with Gasteiger partial charge in [-0.15, -0.1) is 0 Å². The second-order valence-corrected chi connectivity index (χ2v) is 5.32. The number of methoxy groups -OCH3 is 2. The Kier molecular flexibility index (Phi) is 5.26. The fraction of sp³-hybridized carbons (Fsp3) is 0.625. The molecular formula is C16H26N2O2. The van der Waals surface area contributed by atoms with Gasteiger partial charge in [0.05, 0.1) is 14.2 Å². The number of ether oxygens (including phenoxy) is 2. The number of hydrogen-bond acceptors (Lipinski definition) is 4. The van der Waals surface area contributed by atoms with E-state index in [2.05, 4.69) is 29.3 Å². The second-order valence-electron chi connectivity index (χ2n) is 5.32. The molecule has 1 aromatic rings. The largest absolute Gasteiger partial charge is 0.493 e. The quantitative estimate of drug-likeness (QED) is 0.863. The van der Waals surface area contributed by atoms with Gasteiger partial charge in [-0.3, -0.25) is 4.90 Å². The normalized spacial score (nSPS) is 16.6.